The van der Waals surface area contributed by atoms with Crippen LogP contribution in [0.3, 0.4) is 0 Å². The predicted molar refractivity (Wildman–Crippen MR) is 47.0 cm³/mol. The molecule has 1 N–H and O–H groups in total. The Bertz CT molecular complexity index is 159. The lowest BCUT2D eigenvalue weighted by Crippen LogP contribution is -2.40. The fourth-order valence-corrected chi connectivity index (χ4v) is 1.54. The number of carbonyl (C=O) groups is 1. The van der Waals surface area contributed by atoms with E-state index in [4.69, 9.17) is 0 Å². The lowest BCUT2D eigenvalue weighted by Gasteiger charge is -2.29. The topological polar surface area (TPSA) is 40.5 Å². The van der Waals surface area contributed by atoms with Crippen molar-refractivity contribution in [2.24, 2.45) is 0 Å². The Morgan fingerprint density at radius 3 is 3.00 bits per heavy atom. The largest absolute Gasteiger partial charge is 0.392 e. The summed E-state index contributed by atoms with van der Waals surface area (Å²) in [4.78, 5) is 13.1. The Morgan fingerprint density at radius 2 is 2.42 bits per heavy atom. The van der Waals surface area contributed by atoms with Crippen molar-refractivity contribution in [3.63, 3.8) is 0 Å². The van der Waals surface area contributed by atoms with Crippen molar-refractivity contribution < 1.29 is 9.90 Å². The van der Waals surface area contributed by atoms with Crippen molar-refractivity contribution in [3.8, 4) is 0 Å². The standard InChI is InChI=1S/C9H17NO2/c1-2-8(11)6-10-5-3-4-9(12)7-10/h9,12H,2-7H2,1H3. The normalized spacial score (nSPS) is 25.7. The summed E-state index contributed by atoms with van der Waals surface area (Å²) in [5.41, 5.74) is 0. The van der Waals surface area contributed by atoms with Crippen LogP contribution in [-0.2, 0) is 4.79 Å². The van der Waals surface area contributed by atoms with Gasteiger partial charge in [0.15, 0.2) is 0 Å². The Balaban J connectivity index is 2.27. The highest BCUT2D eigenvalue weighted by Crippen LogP contribution is 2.09. The van der Waals surface area contributed by atoms with Crippen molar-refractivity contribution >= 4 is 5.78 Å². The highest BCUT2D eigenvalue weighted by atomic mass is 16.3. The maximum Gasteiger partial charge on any atom is 0.146 e. The highest BCUT2D eigenvalue weighted by Gasteiger charge is 2.18. The molecule has 0 aromatic heterocycles. The van der Waals surface area contributed by atoms with Crippen molar-refractivity contribution in [2.75, 3.05) is 19.6 Å². The molecule has 0 radical (unpaired) electrons. The van der Waals surface area contributed by atoms with Gasteiger partial charge in [-0.25, -0.2) is 0 Å². The molecule has 1 atom stereocenters. The molecule has 1 fully saturated rings. The third-order valence-electron chi connectivity index (χ3n) is 2.27. The number of piperidine rings is 1. The van der Waals surface area contributed by atoms with Crippen molar-refractivity contribution in [1.82, 2.24) is 4.90 Å². The summed E-state index contributed by atoms with van der Waals surface area (Å²) in [5, 5.41) is 9.31. The second-order valence-corrected chi connectivity index (χ2v) is 3.42. The van der Waals surface area contributed by atoms with E-state index >= 15 is 0 Å². The average Bonchev–Trinajstić information content (AvgIpc) is 2.04. The number of nitrogens with zero attached hydrogens (tertiary/aromatic N) is 1. The third-order valence-corrected chi connectivity index (χ3v) is 2.27. The molecule has 12 heavy (non-hydrogen) atoms. The zero-order valence-electron chi connectivity index (χ0n) is 7.62. The number of ketones is 1. The summed E-state index contributed by atoms with van der Waals surface area (Å²) in [6.45, 7) is 4.03. The van der Waals surface area contributed by atoms with E-state index in [0.29, 0.717) is 19.5 Å². The van der Waals surface area contributed by atoms with Crippen molar-refractivity contribution in [2.45, 2.75) is 32.3 Å². The van der Waals surface area contributed by atoms with Crippen LogP contribution in [0.2, 0.25) is 0 Å². The van der Waals surface area contributed by atoms with E-state index in [2.05, 4.69) is 0 Å². The zero-order valence-corrected chi connectivity index (χ0v) is 7.62. The van der Waals surface area contributed by atoms with Crippen LogP contribution in [0, 0.1) is 0 Å². The molecule has 1 heterocycles. The molecule has 0 bridgehead atoms. The van der Waals surface area contributed by atoms with E-state index in [1.54, 1.807) is 0 Å². The third kappa shape index (κ3) is 2.91. The minimum Gasteiger partial charge on any atom is -0.392 e. The maximum absolute atomic E-state index is 11.1. The quantitative estimate of drug-likeness (QED) is 0.669. The fraction of sp³-hybridized carbons (Fsp3) is 0.889. The molecule has 1 unspecified atom stereocenters. The molecule has 1 aliphatic rings. The van der Waals surface area contributed by atoms with Gasteiger partial charge in [0.25, 0.3) is 0 Å². The maximum atomic E-state index is 11.1. The SMILES string of the molecule is CCC(=O)CN1CCCC(O)C1. The lowest BCUT2D eigenvalue weighted by molar-refractivity contribution is -0.120. The first-order valence-electron chi connectivity index (χ1n) is 4.64. The average molecular weight is 171 g/mol. The molecule has 70 valence electrons. The first kappa shape index (κ1) is 9.68. The van der Waals surface area contributed by atoms with Crippen LogP contribution < -0.4 is 0 Å². The number of hydrogen-bond acceptors (Lipinski definition) is 3. The van der Waals surface area contributed by atoms with Crippen LogP contribution in [0.25, 0.3) is 0 Å². The van der Waals surface area contributed by atoms with Gasteiger partial charge in [0, 0.05) is 13.0 Å². The van der Waals surface area contributed by atoms with E-state index in [1.807, 2.05) is 11.8 Å². The summed E-state index contributed by atoms with van der Waals surface area (Å²) in [6.07, 6.45) is 2.28. The summed E-state index contributed by atoms with van der Waals surface area (Å²) in [5.74, 6) is 0.268. The molecule has 0 aliphatic carbocycles. The van der Waals surface area contributed by atoms with Crippen LogP contribution in [0.5, 0.6) is 0 Å². The van der Waals surface area contributed by atoms with Crippen LogP contribution in [0.15, 0.2) is 0 Å². The molecule has 3 nitrogen and oxygen atoms in total. The van der Waals surface area contributed by atoms with E-state index in [-0.39, 0.29) is 11.9 Å². The van der Waals surface area contributed by atoms with Crippen LogP contribution >= 0.6 is 0 Å². The predicted octanol–water partition coefficient (Wildman–Crippen LogP) is 0.422. The van der Waals surface area contributed by atoms with Crippen LogP contribution in [0.4, 0.5) is 0 Å². The van der Waals surface area contributed by atoms with E-state index in [0.717, 1.165) is 19.4 Å². The fourth-order valence-electron chi connectivity index (χ4n) is 1.54. The lowest BCUT2D eigenvalue weighted by atomic mass is 10.1. The van der Waals surface area contributed by atoms with E-state index < -0.39 is 0 Å². The van der Waals surface area contributed by atoms with Crippen LogP contribution in [0.1, 0.15) is 26.2 Å². The molecular formula is C9H17NO2. The Hall–Kier alpha value is -0.410. The monoisotopic (exact) mass is 171 g/mol. The Labute approximate surface area is 73.4 Å². The van der Waals surface area contributed by atoms with E-state index in [9.17, 15) is 9.90 Å². The van der Waals surface area contributed by atoms with Gasteiger partial charge in [0.05, 0.1) is 12.6 Å². The molecule has 0 saturated carbocycles. The molecule has 0 spiro atoms. The number of β-amino-alcohol motifs (C(OH)–C–C–N with tert-alkyl or cyclic N) is 1. The minimum absolute atomic E-state index is 0.219. The molecule has 0 amide bonds. The summed E-state index contributed by atoms with van der Waals surface area (Å²) in [6, 6.07) is 0. The second-order valence-electron chi connectivity index (χ2n) is 3.42. The number of aliphatic hydroxyl groups excluding tert-OH is 1. The second kappa shape index (κ2) is 4.58. The van der Waals surface area contributed by atoms with Crippen molar-refractivity contribution in [1.29, 1.82) is 0 Å². The van der Waals surface area contributed by atoms with Crippen LogP contribution in [-0.4, -0.2) is 41.5 Å². The number of carbonyl (C=O) groups excluding carboxylic acids is 1. The van der Waals surface area contributed by atoms with Gasteiger partial charge in [-0.2, -0.15) is 0 Å². The molecular weight excluding hydrogens is 154 g/mol. The van der Waals surface area contributed by atoms with Gasteiger partial charge < -0.3 is 5.11 Å². The first-order chi connectivity index (χ1) is 5.72. The summed E-state index contributed by atoms with van der Waals surface area (Å²) in [7, 11) is 0. The molecule has 1 aliphatic heterocycles. The Morgan fingerprint density at radius 1 is 1.67 bits per heavy atom. The molecule has 1 saturated heterocycles. The molecule has 3 heteroatoms. The smallest absolute Gasteiger partial charge is 0.146 e. The first-order valence-corrected chi connectivity index (χ1v) is 4.64. The van der Waals surface area contributed by atoms with Crippen molar-refractivity contribution in [3.05, 3.63) is 0 Å². The molecule has 0 aromatic rings. The minimum atomic E-state index is -0.219. The molecule has 0 aromatic carbocycles. The van der Waals surface area contributed by atoms with Gasteiger partial charge in [-0.05, 0) is 19.4 Å². The number of rotatable bonds is 3. The summed E-state index contributed by atoms with van der Waals surface area (Å²) >= 11 is 0. The zero-order chi connectivity index (χ0) is 8.97. The van der Waals surface area contributed by atoms with E-state index in [1.165, 1.54) is 0 Å². The number of likely N-dealkylation sites (tertiary alicyclic amines) is 1. The van der Waals surface area contributed by atoms with Gasteiger partial charge in [0.1, 0.15) is 5.78 Å². The highest BCUT2D eigenvalue weighted by molar-refractivity contribution is 5.80. The van der Waals surface area contributed by atoms with Gasteiger partial charge in [-0.15, -0.1) is 0 Å². The Kier molecular flexibility index (Phi) is 3.69. The van der Waals surface area contributed by atoms with Gasteiger partial charge in [0.2, 0.25) is 0 Å². The van der Waals surface area contributed by atoms with Gasteiger partial charge >= 0.3 is 0 Å². The number of hydrogen-bond donors (Lipinski definition) is 1. The summed E-state index contributed by atoms with van der Waals surface area (Å²) < 4.78 is 0. The number of Topliss-reactive ketones (excluding diaryl/α,β-unsaturated/α-hetero) is 1. The van der Waals surface area contributed by atoms with Gasteiger partial charge in [-0.1, -0.05) is 6.92 Å². The number of aliphatic hydroxyl groups is 1. The van der Waals surface area contributed by atoms with Gasteiger partial charge in [-0.3, -0.25) is 9.69 Å². The molecule has 1 rings (SSSR count).